The first kappa shape index (κ1) is 24.6. The summed E-state index contributed by atoms with van der Waals surface area (Å²) in [6.45, 7) is 5.87. The number of amides is 2. The van der Waals surface area contributed by atoms with Gasteiger partial charge in [-0.3, -0.25) is 9.59 Å². The third-order valence-corrected chi connectivity index (χ3v) is 5.62. The molecule has 0 aliphatic rings. The van der Waals surface area contributed by atoms with E-state index in [1.807, 2.05) is 50.2 Å². The van der Waals surface area contributed by atoms with Crippen LogP contribution in [-0.2, 0) is 9.59 Å². The van der Waals surface area contributed by atoms with E-state index in [9.17, 15) is 9.59 Å². The molecule has 2 amide bonds. The van der Waals surface area contributed by atoms with Gasteiger partial charge < -0.3 is 24.5 Å². The van der Waals surface area contributed by atoms with Gasteiger partial charge in [0, 0.05) is 47.0 Å². The van der Waals surface area contributed by atoms with E-state index >= 15 is 0 Å². The molecule has 2 N–H and O–H groups in total. The van der Waals surface area contributed by atoms with Crippen molar-refractivity contribution in [2.24, 2.45) is 0 Å². The fourth-order valence-electron chi connectivity index (χ4n) is 3.95. The molecule has 0 radical (unpaired) electrons. The molecule has 0 spiro atoms. The van der Waals surface area contributed by atoms with E-state index < -0.39 is 0 Å². The van der Waals surface area contributed by atoms with Crippen LogP contribution in [0.25, 0.3) is 27.7 Å². The van der Waals surface area contributed by atoms with Gasteiger partial charge in [0.2, 0.25) is 11.8 Å². The summed E-state index contributed by atoms with van der Waals surface area (Å²) in [5.74, 6) is 0.989. The molecule has 184 valence electrons. The zero-order chi connectivity index (χ0) is 25.7. The second kappa shape index (κ2) is 10.8. The highest BCUT2D eigenvalue weighted by Gasteiger charge is 2.15. The topological polar surface area (TPSA) is 89.8 Å². The minimum atomic E-state index is -0.277. The number of anilines is 2. The van der Waals surface area contributed by atoms with Gasteiger partial charge in [0.25, 0.3) is 0 Å². The molecule has 0 fully saturated rings. The number of allylic oxidation sites excluding steroid dienone is 1. The van der Waals surface area contributed by atoms with Crippen molar-refractivity contribution in [1.82, 2.24) is 0 Å². The van der Waals surface area contributed by atoms with Gasteiger partial charge in [-0.15, -0.1) is 0 Å². The molecule has 7 heteroatoms. The maximum atomic E-state index is 12.7. The Morgan fingerprint density at radius 2 is 1.61 bits per heavy atom. The summed E-state index contributed by atoms with van der Waals surface area (Å²) in [7, 11) is 1.59. The Kier molecular flexibility index (Phi) is 7.39. The fraction of sp³-hybridized carbons (Fsp3) is 0.172. The third kappa shape index (κ3) is 5.58. The Morgan fingerprint density at radius 1 is 0.944 bits per heavy atom. The molecule has 0 aliphatic heterocycles. The maximum absolute atomic E-state index is 12.7. The largest absolute Gasteiger partial charge is 0.496 e. The van der Waals surface area contributed by atoms with Gasteiger partial charge in [-0.2, -0.15) is 0 Å². The number of hydrogen-bond donors (Lipinski definition) is 2. The van der Waals surface area contributed by atoms with Crippen LogP contribution >= 0.6 is 0 Å². The highest BCUT2D eigenvalue weighted by atomic mass is 16.5. The number of furan rings is 1. The highest BCUT2D eigenvalue weighted by molar-refractivity contribution is 6.05. The number of ether oxygens (including phenoxy) is 2. The molecule has 0 unspecified atom stereocenters. The van der Waals surface area contributed by atoms with Gasteiger partial charge in [-0.25, -0.2) is 0 Å². The van der Waals surface area contributed by atoms with Crippen LogP contribution in [0.3, 0.4) is 0 Å². The van der Waals surface area contributed by atoms with Crippen LogP contribution in [0.15, 0.2) is 77.4 Å². The SMILES string of the molecule is CCOc1ccc(-c2coc3cc(OC)c(/C(C)=C/C(=O)Nc4ccc(NC(C)=O)cc4)cc23)cc1. The highest BCUT2D eigenvalue weighted by Crippen LogP contribution is 2.37. The zero-order valence-electron chi connectivity index (χ0n) is 20.7. The van der Waals surface area contributed by atoms with Gasteiger partial charge in [0.05, 0.1) is 20.0 Å². The molecule has 0 saturated carbocycles. The quantitative estimate of drug-likeness (QED) is 0.278. The molecule has 0 saturated heterocycles. The number of benzene rings is 3. The minimum absolute atomic E-state index is 0.153. The average Bonchev–Trinajstić information content (AvgIpc) is 3.27. The number of nitrogens with one attached hydrogen (secondary N) is 2. The van der Waals surface area contributed by atoms with Crippen molar-refractivity contribution in [3.63, 3.8) is 0 Å². The van der Waals surface area contributed by atoms with Crippen molar-refractivity contribution < 1.29 is 23.5 Å². The van der Waals surface area contributed by atoms with Crippen LogP contribution in [0.5, 0.6) is 11.5 Å². The van der Waals surface area contributed by atoms with Crippen molar-refractivity contribution in [3.8, 4) is 22.6 Å². The summed E-state index contributed by atoms with van der Waals surface area (Å²) in [5, 5.41) is 6.46. The predicted molar refractivity (Wildman–Crippen MR) is 142 cm³/mol. The van der Waals surface area contributed by atoms with Gasteiger partial charge in [-0.05, 0) is 67.4 Å². The lowest BCUT2D eigenvalue weighted by Gasteiger charge is -2.11. The van der Waals surface area contributed by atoms with E-state index in [0.717, 1.165) is 33.4 Å². The van der Waals surface area contributed by atoms with Gasteiger partial charge in [-0.1, -0.05) is 12.1 Å². The lowest BCUT2D eigenvalue weighted by molar-refractivity contribution is -0.114. The van der Waals surface area contributed by atoms with Crippen molar-refractivity contribution in [2.75, 3.05) is 24.4 Å². The number of methoxy groups -OCH3 is 1. The molecular formula is C29H28N2O5. The first-order valence-corrected chi connectivity index (χ1v) is 11.6. The second-order valence-electron chi connectivity index (χ2n) is 8.23. The van der Waals surface area contributed by atoms with E-state index in [1.54, 1.807) is 37.6 Å². The molecule has 4 rings (SSSR count). The summed E-state index contributed by atoms with van der Waals surface area (Å²) in [6, 6.07) is 18.6. The van der Waals surface area contributed by atoms with Crippen molar-refractivity contribution >= 4 is 39.7 Å². The Hall–Kier alpha value is -4.52. The molecule has 36 heavy (non-hydrogen) atoms. The Morgan fingerprint density at radius 3 is 2.22 bits per heavy atom. The van der Waals surface area contributed by atoms with Crippen LogP contribution in [0.1, 0.15) is 26.3 Å². The van der Waals surface area contributed by atoms with Gasteiger partial charge >= 0.3 is 0 Å². The van der Waals surface area contributed by atoms with E-state index in [1.165, 1.54) is 13.0 Å². The molecule has 0 bridgehead atoms. The predicted octanol–water partition coefficient (Wildman–Crippen LogP) is 6.51. The molecule has 7 nitrogen and oxygen atoms in total. The van der Waals surface area contributed by atoms with Gasteiger partial charge in [0.1, 0.15) is 17.1 Å². The number of rotatable bonds is 8. The summed E-state index contributed by atoms with van der Waals surface area (Å²) in [6.07, 6.45) is 3.25. The summed E-state index contributed by atoms with van der Waals surface area (Å²) in [5.41, 5.74) is 5.43. The van der Waals surface area contributed by atoms with Crippen LogP contribution in [0, 0.1) is 0 Å². The Labute approximate surface area is 209 Å². The van der Waals surface area contributed by atoms with Crippen molar-refractivity contribution in [2.45, 2.75) is 20.8 Å². The monoisotopic (exact) mass is 484 g/mol. The normalized spacial score (nSPS) is 11.3. The van der Waals surface area contributed by atoms with E-state index in [-0.39, 0.29) is 11.8 Å². The zero-order valence-corrected chi connectivity index (χ0v) is 20.7. The average molecular weight is 485 g/mol. The van der Waals surface area contributed by atoms with Crippen LogP contribution in [0.4, 0.5) is 11.4 Å². The number of hydrogen-bond acceptors (Lipinski definition) is 5. The minimum Gasteiger partial charge on any atom is -0.496 e. The van der Waals surface area contributed by atoms with Crippen LogP contribution in [-0.4, -0.2) is 25.5 Å². The van der Waals surface area contributed by atoms with E-state index in [4.69, 9.17) is 13.9 Å². The number of carbonyl (C=O) groups excluding carboxylic acids is 2. The molecule has 3 aromatic carbocycles. The Bertz CT molecular complexity index is 1420. The van der Waals surface area contributed by atoms with Gasteiger partial charge in [0.15, 0.2) is 0 Å². The van der Waals surface area contributed by atoms with E-state index in [0.29, 0.717) is 29.3 Å². The molecule has 0 aliphatic carbocycles. The molecule has 1 heterocycles. The van der Waals surface area contributed by atoms with Crippen molar-refractivity contribution in [3.05, 3.63) is 78.6 Å². The standard InChI is InChI=1S/C29H28N2O5/c1-5-35-23-12-6-20(7-13-23)26-17-36-28-16-27(34-4)24(15-25(26)28)18(2)14-29(33)31-22-10-8-21(9-11-22)30-19(3)32/h6-17H,5H2,1-4H3,(H,30,32)(H,31,33)/b18-14+. The fourth-order valence-corrected chi connectivity index (χ4v) is 3.95. The third-order valence-electron chi connectivity index (χ3n) is 5.62. The smallest absolute Gasteiger partial charge is 0.248 e. The number of carbonyl (C=O) groups is 2. The molecule has 4 aromatic rings. The second-order valence-corrected chi connectivity index (χ2v) is 8.23. The lowest BCUT2D eigenvalue weighted by Crippen LogP contribution is -2.09. The first-order chi connectivity index (χ1) is 17.4. The summed E-state index contributed by atoms with van der Waals surface area (Å²) in [4.78, 5) is 23.9. The van der Waals surface area contributed by atoms with Crippen LogP contribution in [0.2, 0.25) is 0 Å². The van der Waals surface area contributed by atoms with E-state index in [2.05, 4.69) is 10.6 Å². The molecular weight excluding hydrogens is 456 g/mol. The lowest BCUT2D eigenvalue weighted by atomic mass is 9.99. The van der Waals surface area contributed by atoms with Crippen LogP contribution < -0.4 is 20.1 Å². The summed E-state index contributed by atoms with van der Waals surface area (Å²) < 4.78 is 17.0. The van der Waals surface area contributed by atoms with Crippen molar-refractivity contribution in [1.29, 1.82) is 0 Å². The number of fused-ring (bicyclic) bond motifs is 1. The Balaban J connectivity index is 1.60. The molecule has 0 atom stereocenters. The summed E-state index contributed by atoms with van der Waals surface area (Å²) >= 11 is 0. The maximum Gasteiger partial charge on any atom is 0.248 e. The molecule has 1 aromatic heterocycles. The first-order valence-electron chi connectivity index (χ1n) is 11.6.